The van der Waals surface area contributed by atoms with Crippen LogP contribution in [0.3, 0.4) is 0 Å². The van der Waals surface area contributed by atoms with Crippen molar-refractivity contribution in [2.75, 3.05) is 0 Å². The third-order valence-corrected chi connectivity index (χ3v) is 15.6. The predicted molar refractivity (Wildman–Crippen MR) is 161 cm³/mol. The molecule has 1 radical (unpaired) electrons. The van der Waals surface area contributed by atoms with E-state index in [9.17, 15) is 17.3 Å². The van der Waals surface area contributed by atoms with Gasteiger partial charge in [0.25, 0.3) is 0 Å². The average molecular weight is 660 g/mol. The topological polar surface area (TPSA) is 0 Å². The Bertz CT molecular complexity index is 730. The third kappa shape index (κ3) is 11.8. The van der Waals surface area contributed by atoms with Crippen LogP contribution in [-0.2, 0) is 19.5 Å². The molecule has 4 rings (SSSR count). The van der Waals surface area contributed by atoms with Gasteiger partial charge in [0.2, 0.25) is 0 Å². The van der Waals surface area contributed by atoms with E-state index in [1.54, 1.807) is 0 Å². The van der Waals surface area contributed by atoms with Crippen LogP contribution < -0.4 is 10.6 Å². The van der Waals surface area contributed by atoms with E-state index in [1.165, 1.54) is 77.0 Å². The zero-order chi connectivity index (χ0) is 27.3. The normalized spacial score (nSPS) is 28.7. The van der Waals surface area contributed by atoms with Gasteiger partial charge in [0, 0.05) is 19.5 Å². The molecule has 2 heterocycles. The fourth-order valence-electron chi connectivity index (χ4n) is 6.07. The van der Waals surface area contributed by atoms with Crippen molar-refractivity contribution in [3.8, 4) is 0 Å². The molecule has 0 amide bonds. The van der Waals surface area contributed by atoms with Crippen LogP contribution in [0, 0.1) is 0 Å². The van der Waals surface area contributed by atoms with E-state index in [0.717, 1.165) is 22.6 Å². The molecule has 4 atom stereocenters. The number of hydrogen-bond acceptors (Lipinski definition) is 0. The minimum atomic E-state index is -6.00. The summed E-state index contributed by atoms with van der Waals surface area (Å²) < 4.78 is 39.0. The van der Waals surface area contributed by atoms with Gasteiger partial charge >= 0.3 is 7.25 Å². The summed E-state index contributed by atoms with van der Waals surface area (Å²) >= 11 is 0. The van der Waals surface area contributed by atoms with E-state index >= 15 is 0 Å². The molecule has 0 N–H and O–H groups in total. The Morgan fingerprint density at radius 1 is 0.579 bits per heavy atom. The van der Waals surface area contributed by atoms with Crippen molar-refractivity contribution in [1.82, 2.24) is 0 Å². The first-order valence-electron chi connectivity index (χ1n) is 14.6. The first-order chi connectivity index (χ1) is 17.7. The van der Waals surface area contributed by atoms with Crippen LogP contribution in [0.4, 0.5) is 17.3 Å². The second kappa shape index (κ2) is 19.2. The molecule has 2 fully saturated rings. The minimum absolute atomic E-state index is 0. The van der Waals surface area contributed by atoms with Crippen molar-refractivity contribution in [1.29, 1.82) is 0 Å². The second-order valence-electron chi connectivity index (χ2n) is 10.3. The number of benzene rings is 1. The number of halogens is 4. The summed E-state index contributed by atoms with van der Waals surface area (Å²) in [6, 6.07) is 9.79. The molecule has 0 nitrogen and oxygen atoms in total. The summed E-state index contributed by atoms with van der Waals surface area (Å²) in [5, 5.41) is 3.68. The van der Waals surface area contributed by atoms with Crippen molar-refractivity contribution < 1.29 is 36.7 Å². The Kier molecular flexibility index (Phi) is 18.1. The van der Waals surface area contributed by atoms with Crippen LogP contribution in [0.5, 0.6) is 0 Å². The molecular formula is C30H48BF4P2Rh-. The fourth-order valence-corrected chi connectivity index (χ4v) is 14.0. The standard InChI is InChI=1S/C22H36P2.C8H12.BF4.Rh/c1-5-17-13-14-18(6-2)23(17)21-11-9-10-12-22(21)24-19(7-3)15-16-20(24)8-4;1-2-4-6-8-7-5-3-1;2-1(3,4)5;/h9-12,17-20H,5-8,13-16H2,1-4H3;1-2,7-8H,3-6H2;;/q;;-1;. The molecule has 1 aliphatic carbocycles. The van der Waals surface area contributed by atoms with Crippen LogP contribution in [0.25, 0.3) is 0 Å². The van der Waals surface area contributed by atoms with E-state index in [0.29, 0.717) is 0 Å². The monoisotopic (exact) mass is 660 g/mol. The van der Waals surface area contributed by atoms with Gasteiger partial charge in [0.1, 0.15) is 0 Å². The van der Waals surface area contributed by atoms with Gasteiger partial charge in [-0.05, 0) is 110 Å². The van der Waals surface area contributed by atoms with Crippen LogP contribution >= 0.6 is 15.8 Å². The van der Waals surface area contributed by atoms with E-state index < -0.39 is 7.25 Å². The molecule has 1 aromatic carbocycles. The first kappa shape index (κ1) is 36.0. The van der Waals surface area contributed by atoms with Gasteiger partial charge < -0.3 is 17.3 Å². The van der Waals surface area contributed by atoms with Gasteiger partial charge in [-0.2, -0.15) is 0 Å². The van der Waals surface area contributed by atoms with E-state index in [-0.39, 0.29) is 35.3 Å². The Labute approximate surface area is 245 Å². The number of hydrogen-bond donors (Lipinski definition) is 0. The molecule has 38 heavy (non-hydrogen) atoms. The van der Waals surface area contributed by atoms with Crippen molar-refractivity contribution >= 4 is 33.7 Å². The predicted octanol–water partition coefficient (Wildman–Crippen LogP) is 10.6. The first-order valence-corrected chi connectivity index (χ1v) is 17.5. The van der Waals surface area contributed by atoms with Gasteiger partial charge in [0.15, 0.2) is 0 Å². The van der Waals surface area contributed by atoms with E-state index in [2.05, 4.69) is 76.3 Å². The van der Waals surface area contributed by atoms with E-state index in [4.69, 9.17) is 0 Å². The van der Waals surface area contributed by atoms with Gasteiger partial charge in [-0.3, -0.25) is 0 Å². The Morgan fingerprint density at radius 3 is 1.03 bits per heavy atom. The average Bonchev–Trinajstić information content (AvgIpc) is 3.46. The summed E-state index contributed by atoms with van der Waals surface area (Å²) in [5.74, 6) is 0. The van der Waals surface area contributed by atoms with Crippen molar-refractivity contribution in [3.63, 3.8) is 0 Å². The molecule has 219 valence electrons. The van der Waals surface area contributed by atoms with Gasteiger partial charge in [-0.25, -0.2) is 0 Å². The number of allylic oxidation sites excluding steroid dienone is 4. The Hall–Kier alpha value is -0.0317. The van der Waals surface area contributed by atoms with Gasteiger partial charge in [0.05, 0.1) is 0 Å². The van der Waals surface area contributed by atoms with Crippen molar-refractivity contribution in [2.24, 2.45) is 0 Å². The van der Waals surface area contributed by atoms with E-state index in [1.807, 2.05) is 10.6 Å². The van der Waals surface area contributed by atoms with Crippen LogP contribution in [0.2, 0.25) is 0 Å². The molecule has 4 unspecified atom stereocenters. The van der Waals surface area contributed by atoms with Gasteiger partial charge in [-0.1, -0.05) is 92.1 Å². The maximum absolute atomic E-state index is 9.75. The zero-order valence-corrected chi connectivity index (χ0v) is 27.2. The summed E-state index contributed by atoms with van der Waals surface area (Å²) in [6.45, 7) is 9.74. The van der Waals surface area contributed by atoms with Crippen LogP contribution in [-0.4, -0.2) is 29.9 Å². The maximum Gasteiger partial charge on any atom is 0.673 e. The molecule has 0 saturated carbocycles. The Morgan fingerprint density at radius 2 is 0.816 bits per heavy atom. The molecule has 3 aliphatic rings. The van der Waals surface area contributed by atoms with Crippen molar-refractivity contribution in [3.05, 3.63) is 48.6 Å². The van der Waals surface area contributed by atoms with Crippen LogP contribution in [0.1, 0.15) is 105 Å². The molecule has 0 bridgehead atoms. The molecular weight excluding hydrogens is 612 g/mol. The van der Waals surface area contributed by atoms with Crippen molar-refractivity contribution in [2.45, 2.75) is 127 Å². The molecule has 2 aliphatic heterocycles. The smallest absolute Gasteiger partial charge is 0.418 e. The maximum atomic E-state index is 9.75. The summed E-state index contributed by atoms with van der Waals surface area (Å²) in [4.78, 5) is 0. The minimum Gasteiger partial charge on any atom is -0.418 e. The second-order valence-corrected chi connectivity index (χ2v) is 15.8. The molecule has 0 aromatic heterocycles. The largest absolute Gasteiger partial charge is 0.673 e. The quantitative estimate of drug-likeness (QED) is 0.123. The van der Waals surface area contributed by atoms with Gasteiger partial charge in [-0.15, -0.1) is 0 Å². The molecule has 0 spiro atoms. The summed E-state index contributed by atoms with van der Waals surface area (Å²) in [7, 11) is -5.87. The summed E-state index contributed by atoms with van der Waals surface area (Å²) in [6.07, 6.45) is 25.5. The molecule has 1 aromatic rings. The number of rotatable bonds is 6. The SMILES string of the molecule is C1=CCCC=CCC1.CCC1CCC(CC)P1c1ccccc1P1C(CC)CCC1CC.F[B-](F)(F)F.[Rh]. The molecule has 8 heteroatoms. The Balaban J connectivity index is 0.000000427. The van der Waals surface area contributed by atoms with Crippen LogP contribution in [0.15, 0.2) is 48.6 Å². The summed E-state index contributed by atoms with van der Waals surface area (Å²) in [5.41, 5.74) is 3.96. The fraction of sp³-hybridized carbons (Fsp3) is 0.667. The molecule has 2 saturated heterocycles. The zero-order valence-electron chi connectivity index (χ0n) is 23.7. The third-order valence-electron chi connectivity index (χ3n) is 7.90.